The minimum absolute atomic E-state index is 0.888. The smallest absolute Gasteiger partial charge is 0.127 e. The van der Waals surface area contributed by atoms with E-state index >= 15 is 0 Å². The second-order valence-electron chi connectivity index (χ2n) is 2.31. The van der Waals surface area contributed by atoms with E-state index in [4.69, 9.17) is 0 Å². The van der Waals surface area contributed by atoms with Gasteiger partial charge in [0, 0.05) is 6.20 Å². The van der Waals surface area contributed by atoms with E-state index in [9.17, 15) is 0 Å². The van der Waals surface area contributed by atoms with Gasteiger partial charge in [-0.05, 0) is 28.8 Å². The van der Waals surface area contributed by atoms with Gasteiger partial charge in [-0.3, -0.25) is 4.98 Å². The van der Waals surface area contributed by atoms with E-state index in [0.29, 0.717) is 0 Å². The average molecular weight is 215 g/mol. The molecular formula is C8H11BrN2. The molecule has 0 aliphatic carbocycles. The van der Waals surface area contributed by atoms with Crippen molar-refractivity contribution >= 4 is 15.9 Å². The first-order valence-electron chi connectivity index (χ1n) is 3.78. The molecule has 0 saturated heterocycles. The van der Waals surface area contributed by atoms with Crippen molar-refractivity contribution in [3.63, 3.8) is 0 Å². The third-order valence-electron chi connectivity index (χ3n) is 1.55. The predicted octanol–water partition coefficient (Wildman–Crippen LogP) is 2.36. The molecule has 0 N–H and O–H groups in total. The predicted molar refractivity (Wildman–Crippen MR) is 48.5 cm³/mol. The standard InChI is InChI=1S/C8H11BrN2/c1-3-6-5-10-7(4-2)8(9)11-6/h5H,3-4H2,1-2H3. The molecule has 0 aliphatic rings. The van der Waals surface area contributed by atoms with E-state index in [2.05, 4.69) is 39.7 Å². The summed E-state index contributed by atoms with van der Waals surface area (Å²) in [6.07, 6.45) is 3.71. The van der Waals surface area contributed by atoms with E-state index < -0.39 is 0 Å². The first-order valence-corrected chi connectivity index (χ1v) is 4.57. The van der Waals surface area contributed by atoms with Crippen LogP contribution in [0.2, 0.25) is 0 Å². The van der Waals surface area contributed by atoms with E-state index in [1.165, 1.54) is 0 Å². The van der Waals surface area contributed by atoms with Crippen molar-refractivity contribution in [1.29, 1.82) is 0 Å². The van der Waals surface area contributed by atoms with Gasteiger partial charge in [0.15, 0.2) is 0 Å². The van der Waals surface area contributed by atoms with Crippen molar-refractivity contribution in [2.24, 2.45) is 0 Å². The molecule has 0 saturated carbocycles. The Labute approximate surface area is 75.2 Å². The van der Waals surface area contributed by atoms with Crippen LogP contribution in [-0.4, -0.2) is 9.97 Å². The first-order chi connectivity index (χ1) is 5.27. The number of aryl methyl sites for hydroxylation is 2. The van der Waals surface area contributed by atoms with Crippen molar-refractivity contribution in [1.82, 2.24) is 9.97 Å². The summed E-state index contributed by atoms with van der Waals surface area (Å²) in [5.74, 6) is 0. The Morgan fingerprint density at radius 3 is 2.55 bits per heavy atom. The normalized spacial score (nSPS) is 10.1. The third-order valence-corrected chi connectivity index (χ3v) is 2.18. The van der Waals surface area contributed by atoms with Crippen LogP contribution in [-0.2, 0) is 12.8 Å². The first kappa shape index (κ1) is 8.65. The molecule has 0 aromatic carbocycles. The lowest BCUT2D eigenvalue weighted by Crippen LogP contribution is -1.95. The molecule has 0 amide bonds. The maximum atomic E-state index is 4.32. The maximum Gasteiger partial charge on any atom is 0.127 e. The van der Waals surface area contributed by atoms with Crippen LogP contribution in [0.1, 0.15) is 25.2 Å². The van der Waals surface area contributed by atoms with E-state index in [1.54, 1.807) is 0 Å². The fourth-order valence-corrected chi connectivity index (χ4v) is 1.44. The highest BCUT2D eigenvalue weighted by molar-refractivity contribution is 9.10. The summed E-state index contributed by atoms with van der Waals surface area (Å²) in [6, 6.07) is 0. The van der Waals surface area contributed by atoms with Crippen molar-refractivity contribution in [2.75, 3.05) is 0 Å². The number of hydrogen-bond acceptors (Lipinski definition) is 2. The topological polar surface area (TPSA) is 25.8 Å². The Morgan fingerprint density at radius 2 is 2.09 bits per heavy atom. The molecule has 0 radical (unpaired) electrons. The lowest BCUT2D eigenvalue weighted by atomic mass is 10.3. The molecule has 0 spiro atoms. The SMILES string of the molecule is CCc1cnc(CC)c(Br)n1. The van der Waals surface area contributed by atoms with Crippen molar-refractivity contribution < 1.29 is 0 Å². The molecule has 0 fully saturated rings. The van der Waals surface area contributed by atoms with Crippen LogP contribution in [0.5, 0.6) is 0 Å². The highest BCUT2D eigenvalue weighted by Gasteiger charge is 2.00. The van der Waals surface area contributed by atoms with Gasteiger partial charge in [-0.1, -0.05) is 13.8 Å². The number of nitrogens with zero attached hydrogens (tertiary/aromatic N) is 2. The van der Waals surface area contributed by atoms with Crippen LogP contribution < -0.4 is 0 Å². The Kier molecular flexibility index (Phi) is 3.00. The summed E-state index contributed by atoms with van der Waals surface area (Å²) in [5, 5.41) is 0. The fraction of sp³-hybridized carbons (Fsp3) is 0.500. The molecule has 60 valence electrons. The molecule has 1 aromatic heterocycles. The quantitative estimate of drug-likeness (QED) is 0.756. The lowest BCUT2D eigenvalue weighted by molar-refractivity contribution is 0.917. The third kappa shape index (κ3) is 1.99. The Balaban J connectivity index is 2.99. The van der Waals surface area contributed by atoms with Crippen LogP contribution in [0.25, 0.3) is 0 Å². The molecule has 3 heteroatoms. The van der Waals surface area contributed by atoms with Crippen LogP contribution in [0, 0.1) is 0 Å². The van der Waals surface area contributed by atoms with Crippen LogP contribution >= 0.6 is 15.9 Å². The van der Waals surface area contributed by atoms with Gasteiger partial charge in [-0.15, -0.1) is 0 Å². The van der Waals surface area contributed by atoms with Crippen LogP contribution in [0.4, 0.5) is 0 Å². The summed E-state index contributed by atoms with van der Waals surface area (Å²) in [5.41, 5.74) is 2.07. The van der Waals surface area contributed by atoms with Crippen LogP contribution in [0.3, 0.4) is 0 Å². The highest BCUT2D eigenvalue weighted by Crippen LogP contribution is 2.12. The second kappa shape index (κ2) is 3.81. The van der Waals surface area contributed by atoms with E-state index in [0.717, 1.165) is 28.8 Å². The molecule has 0 unspecified atom stereocenters. The lowest BCUT2D eigenvalue weighted by Gasteiger charge is -2.00. The van der Waals surface area contributed by atoms with Gasteiger partial charge in [0.05, 0.1) is 11.4 Å². The van der Waals surface area contributed by atoms with Gasteiger partial charge in [0.25, 0.3) is 0 Å². The fourth-order valence-electron chi connectivity index (χ4n) is 0.833. The molecule has 11 heavy (non-hydrogen) atoms. The average Bonchev–Trinajstić information content (AvgIpc) is 2.04. The van der Waals surface area contributed by atoms with Gasteiger partial charge in [-0.25, -0.2) is 4.98 Å². The second-order valence-corrected chi connectivity index (χ2v) is 3.06. The zero-order chi connectivity index (χ0) is 8.27. The Morgan fingerprint density at radius 1 is 1.36 bits per heavy atom. The Bertz CT molecular complexity index is 248. The summed E-state index contributed by atoms with van der Waals surface area (Å²) >= 11 is 3.37. The number of aromatic nitrogens is 2. The summed E-state index contributed by atoms with van der Waals surface area (Å²) in [6.45, 7) is 4.14. The molecule has 2 nitrogen and oxygen atoms in total. The zero-order valence-corrected chi connectivity index (χ0v) is 8.35. The molecule has 1 rings (SSSR count). The van der Waals surface area contributed by atoms with E-state index in [-0.39, 0.29) is 0 Å². The number of halogens is 1. The molecule has 0 aliphatic heterocycles. The molecule has 0 atom stereocenters. The summed E-state index contributed by atoms with van der Waals surface area (Å²) in [7, 11) is 0. The van der Waals surface area contributed by atoms with Gasteiger partial charge >= 0.3 is 0 Å². The number of rotatable bonds is 2. The van der Waals surface area contributed by atoms with Crippen molar-refractivity contribution in [3.05, 3.63) is 22.2 Å². The van der Waals surface area contributed by atoms with Gasteiger partial charge in [0.1, 0.15) is 4.60 Å². The monoisotopic (exact) mass is 214 g/mol. The van der Waals surface area contributed by atoms with Crippen molar-refractivity contribution in [3.8, 4) is 0 Å². The minimum Gasteiger partial charge on any atom is -0.257 e. The molecule has 0 bridgehead atoms. The molecule has 1 heterocycles. The van der Waals surface area contributed by atoms with Crippen LogP contribution in [0.15, 0.2) is 10.8 Å². The zero-order valence-electron chi connectivity index (χ0n) is 6.76. The maximum absolute atomic E-state index is 4.32. The minimum atomic E-state index is 0.888. The summed E-state index contributed by atoms with van der Waals surface area (Å²) < 4.78 is 0.888. The molecular weight excluding hydrogens is 204 g/mol. The largest absolute Gasteiger partial charge is 0.257 e. The van der Waals surface area contributed by atoms with Gasteiger partial charge in [0.2, 0.25) is 0 Å². The van der Waals surface area contributed by atoms with Crippen molar-refractivity contribution in [2.45, 2.75) is 26.7 Å². The highest BCUT2D eigenvalue weighted by atomic mass is 79.9. The number of hydrogen-bond donors (Lipinski definition) is 0. The summed E-state index contributed by atoms with van der Waals surface area (Å²) in [4.78, 5) is 8.57. The van der Waals surface area contributed by atoms with Gasteiger partial charge < -0.3 is 0 Å². The Hall–Kier alpha value is -0.440. The molecule has 1 aromatic rings. The van der Waals surface area contributed by atoms with E-state index in [1.807, 2.05) is 6.20 Å². The van der Waals surface area contributed by atoms with Gasteiger partial charge in [-0.2, -0.15) is 0 Å².